The van der Waals surface area contributed by atoms with Gasteiger partial charge in [0.05, 0.1) is 0 Å². The second-order valence-electron chi connectivity index (χ2n) is 7.75. The number of hydrogen-bond donors (Lipinski definition) is 2. The summed E-state index contributed by atoms with van der Waals surface area (Å²) in [4.78, 5) is 38.4. The van der Waals surface area contributed by atoms with Crippen LogP contribution in [0.5, 0.6) is 0 Å². The van der Waals surface area contributed by atoms with Crippen molar-refractivity contribution in [2.45, 2.75) is 59.0 Å². The molecular formula is C20H29N3O3. The van der Waals surface area contributed by atoms with Crippen molar-refractivity contribution in [2.75, 3.05) is 6.54 Å². The van der Waals surface area contributed by atoms with Gasteiger partial charge < -0.3 is 10.6 Å². The molecule has 6 nitrogen and oxygen atoms in total. The number of nitrogens with zero attached hydrogens (tertiary/aromatic N) is 1. The van der Waals surface area contributed by atoms with Crippen molar-refractivity contribution >= 4 is 17.8 Å². The third kappa shape index (κ3) is 4.42. The van der Waals surface area contributed by atoms with Gasteiger partial charge in [0.1, 0.15) is 12.1 Å². The van der Waals surface area contributed by atoms with E-state index in [0.717, 1.165) is 23.3 Å². The summed E-state index contributed by atoms with van der Waals surface area (Å²) in [7, 11) is 0. The minimum absolute atomic E-state index is 0.00847. The van der Waals surface area contributed by atoms with Gasteiger partial charge in [0.2, 0.25) is 5.91 Å². The molecule has 1 aromatic carbocycles. The Hall–Kier alpha value is -2.37. The summed E-state index contributed by atoms with van der Waals surface area (Å²) in [5.41, 5.74) is 0.629. The maximum Gasteiger partial charge on any atom is 0.325 e. The quantitative estimate of drug-likeness (QED) is 0.735. The number of nitrogens with one attached hydrogen (secondary N) is 2. The molecule has 0 spiro atoms. The Bertz CT molecular complexity index is 684. The number of carbonyl (C=O) groups is 3. The largest absolute Gasteiger partial charge is 0.352 e. The Morgan fingerprint density at radius 1 is 1.15 bits per heavy atom. The van der Waals surface area contributed by atoms with E-state index in [1.807, 2.05) is 38.1 Å². The van der Waals surface area contributed by atoms with E-state index in [-0.39, 0.29) is 18.5 Å². The molecule has 6 heteroatoms. The highest BCUT2D eigenvalue weighted by Crippen LogP contribution is 2.28. The van der Waals surface area contributed by atoms with Crippen LogP contribution in [-0.2, 0) is 15.1 Å². The normalized spacial score (nSPS) is 21.1. The van der Waals surface area contributed by atoms with E-state index in [9.17, 15) is 14.4 Å². The summed E-state index contributed by atoms with van der Waals surface area (Å²) in [6.07, 6.45) is 1.88. The fourth-order valence-corrected chi connectivity index (χ4v) is 3.04. The third-order valence-corrected chi connectivity index (χ3v) is 4.79. The maximum atomic E-state index is 12.8. The van der Waals surface area contributed by atoms with Gasteiger partial charge in [0.25, 0.3) is 5.91 Å². The van der Waals surface area contributed by atoms with Gasteiger partial charge in [-0.15, -0.1) is 0 Å². The van der Waals surface area contributed by atoms with Gasteiger partial charge >= 0.3 is 6.03 Å². The van der Waals surface area contributed by atoms with Gasteiger partial charge in [0, 0.05) is 6.04 Å². The van der Waals surface area contributed by atoms with Crippen molar-refractivity contribution < 1.29 is 14.4 Å². The van der Waals surface area contributed by atoms with Crippen molar-refractivity contribution in [2.24, 2.45) is 5.92 Å². The molecule has 1 aliphatic rings. The average molecular weight is 359 g/mol. The minimum atomic E-state index is -1.14. The molecule has 26 heavy (non-hydrogen) atoms. The number of carbonyl (C=O) groups excluding carboxylic acids is 3. The molecule has 2 N–H and O–H groups in total. The molecule has 0 radical (unpaired) electrons. The summed E-state index contributed by atoms with van der Waals surface area (Å²) in [5.74, 6) is -0.162. The van der Waals surface area contributed by atoms with Crippen LogP contribution in [-0.4, -0.2) is 35.3 Å². The Kier molecular flexibility index (Phi) is 6.05. The Balaban J connectivity index is 2.02. The molecule has 142 valence electrons. The first-order chi connectivity index (χ1) is 12.1. The zero-order chi connectivity index (χ0) is 19.5. The molecule has 0 aliphatic carbocycles. The fraction of sp³-hybridized carbons (Fsp3) is 0.550. The van der Waals surface area contributed by atoms with Gasteiger partial charge in [-0.05, 0) is 45.1 Å². The Morgan fingerprint density at radius 3 is 2.35 bits per heavy atom. The number of urea groups is 1. The first-order valence-electron chi connectivity index (χ1n) is 9.14. The molecule has 2 rings (SSSR count). The maximum absolute atomic E-state index is 12.8. The fourth-order valence-electron chi connectivity index (χ4n) is 3.04. The van der Waals surface area contributed by atoms with Crippen molar-refractivity contribution in [1.29, 1.82) is 0 Å². The molecule has 0 aromatic heterocycles. The van der Waals surface area contributed by atoms with Crippen molar-refractivity contribution in [3.63, 3.8) is 0 Å². The Morgan fingerprint density at radius 2 is 1.77 bits per heavy atom. The van der Waals surface area contributed by atoms with E-state index in [0.29, 0.717) is 11.5 Å². The number of benzene rings is 1. The molecule has 1 heterocycles. The standard InChI is InChI=1S/C20H29N3O3/c1-13(2)6-9-15(4)21-17(24)12-23-18(25)20(5,22-19(23)26)16-10-7-14(3)8-11-16/h7-8,10-11,13,15H,6,9,12H2,1-5H3,(H,21,24)(H,22,26)/t15-,20+/m1/s1. The molecule has 1 saturated heterocycles. The van der Waals surface area contributed by atoms with E-state index in [2.05, 4.69) is 24.5 Å². The number of rotatable bonds is 7. The summed E-state index contributed by atoms with van der Waals surface area (Å²) in [5, 5.41) is 5.59. The van der Waals surface area contributed by atoms with Gasteiger partial charge in [-0.3, -0.25) is 14.5 Å². The van der Waals surface area contributed by atoms with Gasteiger partial charge in [-0.2, -0.15) is 0 Å². The van der Waals surface area contributed by atoms with Crippen molar-refractivity contribution in [1.82, 2.24) is 15.5 Å². The van der Waals surface area contributed by atoms with Crippen LogP contribution >= 0.6 is 0 Å². The molecule has 1 fully saturated rings. The van der Waals surface area contributed by atoms with Crippen LogP contribution in [0.25, 0.3) is 0 Å². The Labute approximate surface area is 155 Å². The van der Waals surface area contributed by atoms with Crippen LogP contribution in [0.3, 0.4) is 0 Å². The van der Waals surface area contributed by atoms with Crippen LogP contribution in [0, 0.1) is 12.8 Å². The summed E-state index contributed by atoms with van der Waals surface area (Å²) in [6.45, 7) is 9.56. The van der Waals surface area contributed by atoms with Crippen LogP contribution in [0.1, 0.15) is 51.7 Å². The SMILES string of the molecule is Cc1ccc([C@]2(C)NC(=O)N(CC(=O)N[C@H](C)CCC(C)C)C2=O)cc1. The lowest BCUT2D eigenvalue weighted by Crippen LogP contribution is -2.45. The second kappa shape index (κ2) is 7.89. The van der Waals surface area contributed by atoms with Crippen LogP contribution < -0.4 is 10.6 Å². The summed E-state index contributed by atoms with van der Waals surface area (Å²) < 4.78 is 0. The minimum Gasteiger partial charge on any atom is -0.352 e. The molecular weight excluding hydrogens is 330 g/mol. The zero-order valence-corrected chi connectivity index (χ0v) is 16.3. The number of aryl methyl sites for hydroxylation is 1. The summed E-state index contributed by atoms with van der Waals surface area (Å²) in [6, 6.07) is 6.91. The van der Waals surface area contributed by atoms with Crippen LogP contribution in [0.2, 0.25) is 0 Å². The van der Waals surface area contributed by atoms with Crippen LogP contribution in [0.15, 0.2) is 24.3 Å². The molecule has 0 saturated carbocycles. The van der Waals surface area contributed by atoms with Gasteiger partial charge in [-0.25, -0.2) is 4.79 Å². The molecule has 1 aliphatic heterocycles. The monoisotopic (exact) mass is 359 g/mol. The lowest BCUT2D eigenvalue weighted by molar-refractivity contribution is -0.135. The predicted molar refractivity (Wildman–Crippen MR) is 100 cm³/mol. The second-order valence-corrected chi connectivity index (χ2v) is 7.75. The average Bonchev–Trinajstić information content (AvgIpc) is 2.77. The third-order valence-electron chi connectivity index (χ3n) is 4.79. The number of amides is 4. The van der Waals surface area contributed by atoms with Gasteiger partial charge in [0.15, 0.2) is 0 Å². The van der Waals surface area contributed by atoms with E-state index in [1.165, 1.54) is 0 Å². The van der Waals surface area contributed by atoms with Crippen LogP contribution in [0.4, 0.5) is 4.79 Å². The summed E-state index contributed by atoms with van der Waals surface area (Å²) >= 11 is 0. The topological polar surface area (TPSA) is 78.5 Å². The molecule has 2 atom stereocenters. The number of imide groups is 1. The van der Waals surface area contributed by atoms with Crippen molar-refractivity contribution in [3.05, 3.63) is 35.4 Å². The first-order valence-corrected chi connectivity index (χ1v) is 9.14. The highest BCUT2D eigenvalue weighted by Gasteiger charge is 2.49. The predicted octanol–water partition coefficient (Wildman–Crippen LogP) is 2.70. The van der Waals surface area contributed by atoms with E-state index < -0.39 is 17.5 Å². The molecule has 1 aromatic rings. The highest BCUT2D eigenvalue weighted by molar-refractivity contribution is 6.09. The molecule has 0 bridgehead atoms. The number of hydrogen-bond acceptors (Lipinski definition) is 3. The van der Waals surface area contributed by atoms with E-state index in [1.54, 1.807) is 6.92 Å². The highest BCUT2D eigenvalue weighted by atomic mass is 16.2. The lowest BCUT2D eigenvalue weighted by atomic mass is 9.91. The van der Waals surface area contributed by atoms with E-state index in [4.69, 9.17) is 0 Å². The zero-order valence-electron chi connectivity index (χ0n) is 16.3. The lowest BCUT2D eigenvalue weighted by Gasteiger charge is -2.22. The smallest absolute Gasteiger partial charge is 0.325 e. The first kappa shape index (κ1) is 19.9. The van der Waals surface area contributed by atoms with Crippen molar-refractivity contribution in [3.8, 4) is 0 Å². The van der Waals surface area contributed by atoms with E-state index >= 15 is 0 Å². The van der Waals surface area contributed by atoms with Gasteiger partial charge in [-0.1, -0.05) is 43.7 Å². The molecule has 0 unspecified atom stereocenters. The molecule has 4 amide bonds.